The zero-order chi connectivity index (χ0) is 12.6. The van der Waals surface area contributed by atoms with Crippen LogP contribution in [0.4, 0.5) is 0 Å². The zero-order valence-electron chi connectivity index (χ0n) is 11.4. The van der Waals surface area contributed by atoms with Crippen molar-refractivity contribution in [3.63, 3.8) is 0 Å². The highest BCUT2D eigenvalue weighted by Crippen LogP contribution is 2.13. The fraction of sp³-hybridized carbons (Fsp3) is 0.917. The third-order valence-corrected chi connectivity index (χ3v) is 2.22. The van der Waals surface area contributed by atoms with E-state index in [1.165, 1.54) is 0 Å². The molecule has 2 N–H and O–H groups in total. The smallest absolute Gasteiger partial charge is 0.233 e. The molecular formula is C12H27N3O. The van der Waals surface area contributed by atoms with E-state index in [2.05, 4.69) is 36.3 Å². The minimum atomic E-state index is 0.0836. The van der Waals surface area contributed by atoms with Gasteiger partial charge in [-0.1, -0.05) is 20.8 Å². The Morgan fingerprint density at radius 3 is 2.44 bits per heavy atom. The Balaban J connectivity index is 3.72. The molecule has 0 bridgehead atoms. The van der Waals surface area contributed by atoms with Crippen LogP contribution in [0, 0.1) is 5.41 Å². The van der Waals surface area contributed by atoms with Gasteiger partial charge in [-0.15, -0.1) is 0 Å². The molecule has 0 aromatic rings. The number of amides is 1. The topological polar surface area (TPSA) is 44.4 Å². The lowest BCUT2D eigenvalue weighted by atomic mass is 9.93. The van der Waals surface area contributed by atoms with Crippen LogP contribution < -0.4 is 10.6 Å². The van der Waals surface area contributed by atoms with Crippen molar-refractivity contribution in [3.8, 4) is 0 Å². The van der Waals surface area contributed by atoms with Crippen LogP contribution >= 0.6 is 0 Å². The first kappa shape index (κ1) is 15.4. The van der Waals surface area contributed by atoms with Gasteiger partial charge in [0, 0.05) is 13.1 Å². The van der Waals surface area contributed by atoms with Gasteiger partial charge in [0.25, 0.3) is 0 Å². The van der Waals surface area contributed by atoms with Crippen LogP contribution in [-0.2, 0) is 4.79 Å². The standard InChI is InChI=1S/C12H27N3O/c1-6-7-13-8-11(16)14-9-12(2,3)10-15(4)5/h13H,6-10H2,1-5H3,(H,14,16). The summed E-state index contributed by atoms with van der Waals surface area (Å²) in [5.74, 6) is 0.0836. The second-order valence-electron chi connectivity index (χ2n) is 5.36. The molecule has 0 fully saturated rings. The van der Waals surface area contributed by atoms with Crippen molar-refractivity contribution in [2.24, 2.45) is 5.41 Å². The normalized spacial score (nSPS) is 11.9. The van der Waals surface area contributed by atoms with Crippen molar-refractivity contribution in [3.05, 3.63) is 0 Å². The Hall–Kier alpha value is -0.610. The van der Waals surface area contributed by atoms with Crippen molar-refractivity contribution in [2.45, 2.75) is 27.2 Å². The average molecular weight is 229 g/mol. The molecule has 0 aliphatic rings. The van der Waals surface area contributed by atoms with E-state index in [1.807, 2.05) is 14.1 Å². The molecule has 4 heteroatoms. The molecule has 1 amide bonds. The minimum Gasteiger partial charge on any atom is -0.354 e. The van der Waals surface area contributed by atoms with Gasteiger partial charge < -0.3 is 15.5 Å². The van der Waals surface area contributed by atoms with Crippen molar-refractivity contribution >= 4 is 5.91 Å². The van der Waals surface area contributed by atoms with E-state index in [0.717, 1.165) is 26.1 Å². The molecule has 4 nitrogen and oxygen atoms in total. The number of rotatable bonds is 8. The second kappa shape index (κ2) is 7.63. The van der Waals surface area contributed by atoms with Crippen molar-refractivity contribution in [2.75, 3.05) is 40.3 Å². The molecular weight excluding hydrogens is 202 g/mol. The predicted molar refractivity (Wildman–Crippen MR) is 68.5 cm³/mol. The van der Waals surface area contributed by atoms with Crippen LogP contribution in [0.1, 0.15) is 27.2 Å². The summed E-state index contributed by atoms with van der Waals surface area (Å²) in [5.41, 5.74) is 0.115. The van der Waals surface area contributed by atoms with Gasteiger partial charge in [0.2, 0.25) is 5.91 Å². The van der Waals surface area contributed by atoms with Crippen molar-refractivity contribution in [1.29, 1.82) is 0 Å². The first-order valence-electron chi connectivity index (χ1n) is 5.99. The summed E-state index contributed by atoms with van der Waals surface area (Å²) in [6.07, 6.45) is 1.05. The van der Waals surface area contributed by atoms with Crippen LogP contribution in [0.2, 0.25) is 0 Å². The molecule has 0 rings (SSSR count). The third kappa shape index (κ3) is 8.68. The minimum absolute atomic E-state index is 0.0836. The molecule has 0 unspecified atom stereocenters. The van der Waals surface area contributed by atoms with Gasteiger partial charge in [-0.3, -0.25) is 4.79 Å². The molecule has 16 heavy (non-hydrogen) atoms. The summed E-state index contributed by atoms with van der Waals surface area (Å²) in [4.78, 5) is 13.6. The number of nitrogens with one attached hydrogen (secondary N) is 2. The lowest BCUT2D eigenvalue weighted by molar-refractivity contribution is -0.120. The van der Waals surface area contributed by atoms with Crippen molar-refractivity contribution in [1.82, 2.24) is 15.5 Å². The van der Waals surface area contributed by atoms with Crippen LogP contribution in [-0.4, -0.2) is 51.1 Å². The molecule has 0 aromatic carbocycles. The number of hydrogen-bond acceptors (Lipinski definition) is 3. The number of nitrogens with zero attached hydrogens (tertiary/aromatic N) is 1. The van der Waals surface area contributed by atoms with E-state index < -0.39 is 0 Å². The van der Waals surface area contributed by atoms with Gasteiger partial charge in [-0.05, 0) is 32.5 Å². The Bertz CT molecular complexity index is 202. The van der Waals surface area contributed by atoms with E-state index >= 15 is 0 Å². The predicted octanol–water partition coefficient (Wildman–Crippen LogP) is 0.690. The van der Waals surface area contributed by atoms with Gasteiger partial charge in [-0.25, -0.2) is 0 Å². The SMILES string of the molecule is CCCNCC(=O)NCC(C)(C)CN(C)C. The lowest BCUT2D eigenvalue weighted by Crippen LogP contribution is -2.42. The maximum Gasteiger partial charge on any atom is 0.233 e. The summed E-state index contributed by atoms with van der Waals surface area (Å²) >= 11 is 0. The van der Waals surface area contributed by atoms with Crippen LogP contribution in [0.3, 0.4) is 0 Å². The first-order valence-corrected chi connectivity index (χ1v) is 5.99. The van der Waals surface area contributed by atoms with Gasteiger partial charge >= 0.3 is 0 Å². The zero-order valence-corrected chi connectivity index (χ0v) is 11.4. The Morgan fingerprint density at radius 2 is 1.94 bits per heavy atom. The largest absolute Gasteiger partial charge is 0.354 e. The van der Waals surface area contributed by atoms with E-state index in [0.29, 0.717) is 6.54 Å². The van der Waals surface area contributed by atoms with E-state index in [9.17, 15) is 4.79 Å². The molecule has 0 saturated heterocycles. The van der Waals surface area contributed by atoms with Gasteiger partial charge in [0.15, 0.2) is 0 Å². The van der Waals surface area contributed by atoms with Crippen LogP contribution in [0.5, 0.6) is 0 Å². The number of carbonyl (C=O) groups is 1. The lowest BCUT2D eigenvalue weighted by Gasteiger charge is -2.28. The Morgan fingerprint density at radius 1 is 1.31 bits per heavy atom. The third-order valence-electron chi connectivity index (χ3n) is 2.22. The highest BCUT2D eigenvalue weighted by molar-refractivity contribution is 5.77. The Kier molecular flexibility index (Phi) is 7.34. The molecule has 0 aliphatic carbocycles. The maximum atomic E-state index is 11.5. The molecule has 0 radical (unpaired) electrons. The molecule has 0 aliphatic heterocycles. The Labute approximate surface area is 99.8 Å². The summed E-state index contributed by atoms with van der Waals surface area (Å²) in [6.45, 7) is 9.42. The molecule has 0 atom stereocenters. The molecule has 0 saturated carbocycles. The van der Waals surface area contributed by atoms with E-state index in [-0.39, 0.29) is 11.3 Å². The fourth-order valence-corrected chi connectivity index (χ4v) is 1.69. The molecule has 0 spiro atoms. The molecule has 96 valence electrons. The summed E-state index contributed by atoms with van der Waals surface area (Å²) in [5, 5.41) is 6.05. The number of hydrogen-bond donors (Lipinski definition) is 2. The van der Waals surface area contributed by atoms with Crippen molar-refractivity contribution < 1.29 is 4.79 Å². The first-order chi connectivity index (χ1) is 7.37. The highest BCUT2D eigenvalue weighted by atomic mass is 16.1. The second-order valence-corrected chi connectivity index (χ2v) is 5.36. The monoisotopic (exact) mass is 229 g/mol. The van der Waals surface area contributed by atoms with Gasteiger partial charge in [0.1, 0.15) is 0 Å². The highest BCUT2D eigenvalue weighted by Gasteiger charge is 2.19. The quantitative estimate of drug-likeness (QED) is 0.602. The summed E-state index contributed by atoms with van der Waals surface area (Å²) in [6, 6.07) is 0. The van der Waals surface area contributed by atoms with Gasteiger partial charge in [0.05, 0.1) is 6.54 Å². The molecule has 0 heterocycles. The fourth-order valence-electron chi connectivity index (χ4n) is 1.69. The number of carbonyl (C=O) groups excluding carboxylic acids is 1. The van der Waals surface area contributed by atoms with Gasteiger partial charge in [-0.2, -0.15) is 0 Å². The maximum absolute atomic E-state index is 11.5. The van der Waals surface area contributed by atoms with Crippen LogP contribution in [0.15, 0.2) is 0 Å². The summed E-state index contributed by atoms with van der Waals surface area (Å²) in [7, 11) is 4.10. The average Bonchev–Trinajstić information content (AvgIpc) is 2.13. The van der Waals surface area contributed by atoms with E-state index in [4.69, 9.17) is 0 Å². The summed E-state index contributed by atoms with van der Waals surface area (Å²) < 4.78 is 0. The van der Waals surface area contributed by atoms with E-state index in [1.54, 1.807) is 0 Å². The van der Waals surface area contributed by atoms with Crippen LogP contribution in [0.25, 0.3) is 0 Å². The molecule has 0 aromatic heterocycles.